The molecule has 2 heterocycles. The SMILES string of the molecule is Cc1ccc(NC(=O)c2ccc3nn(CC(=O)Nc4ccc(F)c(F)c4)c(=O)n3c2)cc1. The molecule has 10 heteroatoms. The number of benzene rings is 2. The molecular weight excluding hydrogens is 420 g/mol. The van der Waals surface area contributed by atoms with Gasteiger partial charge in [-0.25, -0.2) is 22.7 Å². The lowest BCUT2D eigenvalue weighted by Gasteiger charge is -2.05. The molecule has 32 heavy (non-hydrogen) atoms. The van der Waals surface area contributed by atoms with Crippen LogP contribution in [-0.2, 0) is 11.3 Å². The van der Waals surface area contributed by atoms with Gasteiger partial charge >= 0.3 is 5.69 Å². The number of fused-ring (bicyclic) bond motifs is 1. The number of carbonyl (C=O) groups excluding carboxylic acids is 2. The molecule has 0 aliphatic rings. The summed E-state index contributed by atoms with van der Waals surface area (Å²) in [6, 6.07) is 13.2. The Bertz CT molecular complexity index is 1390. The van der Waals surface area contributed by atoms with Crippen molar-refractivity contribution in [1.29, 1.82) is 0 Å². The molecular formula is C22H17F2N5O3. The van der Waals surface area contributed by atoms with Crippen molar-refractivity contribution in [2.24, 2.45) is 0 Å². The summed E-state index contributed by atoms with van der Waals surface area (Å²) in [7, 11) is 0. The standard InChI is InChI=1S/C22H17F2N5O3/c1-13-2-5-15(6-3-13)26-21(31)14-4-9-19-27-29(22(32)28(19)11-14)12-20(30)25-16-7-8-17(23)18(24)10-16/h2-11H,12H2,1H3,(H,25,30)(H,26,31). The van der Waals surface area contributed by atoms with Crippen LogP contribution in [0.25, 0.3) is 5.65 Å². The first-order chi connectivity index (χ1) is 15.3. The molecule has 0 fully saturated rings. The number of nitrogens with one attached hydrogen (secondary N) is 2. The van der Waals surface area contributed by atoms with Gasteiger partial charge in [-0.05, 0) is 43.3 Å². The minimum Gasteiger partial charge on any atom is -0.324 e. The largest absolute Gasteiger partial charge is 0.350 e. The third-order valence-electron chi connectivity index (χ3n) is 4.65. The van der Waals surface area contributed by atoms with Gasteiger partial charge in [0.15, 0.2) is 17.3 Å². The molecule has 4 aromatic rings. The summed E-state index contributed by atoms with van der Waals surface area (Å²) in [4.78, 5) is 37.4. The highest BCUT2D eigenvalue weighted by atomic mass is 19.2. The molecule has 2 aromatic heterocycles. The van der Waals surface area contributed by atoms with Crippen LogP contribution in [-0.4, -0.2) is 26.0 Å². The van der Waals surface area contributed by atoms with Crippen molar-refractivity contribution in [3.05, 3.63) is 94.0 Å². The van der Waals surface area contributed by atoms with Crippen molar-refractivity contribution in [2.45, 2.75) is 13.5 Å². The van der Waals surface area contributed by atoms with Crippen LogP contribution in [0.1, 0.15) is 15.9 Å². The molecule has 0 saturated heterocycles. The minimum absolute atomic E-state index is 0.0424. The van der Waals surface area contributed by atoms with Gasteiger partial charge in [0.2, 0.25) is 5.91 Å². The fourth-order valence-electron chi connectivity index (χ4n) is 3.01. The fourth-order valence-corrected chi connectivity index (χ4v) is 3.01. The van der Waals surface area contributed by atoms with E-state index >= 15 is 0 Å². The third kappa shape index (κ3) is 4.38. The van der Waals surface area contributed by atoms with E-state index in [4.69, 9.17) is 0 Å². The van der Waals surface area contributed by atoms with Crippen molar-refractivity contribution in [3.63, 3.8) is 0 Å². The van der Waals surface area contributed by atoms with E-state index in [-0.39, 0.29) is 16.9 Å². The zero-order valence-corrected chi connectivity index (χ0v) is 16.8. The summed E-state index contributed by atoms with van der Waals surface area (Å²) in [5.74, 6) is -3.21. The molecule has 0 aliphatic carbocycles. The first kappa shape index (κ1) is 20.9. The fraction of sp³-hybridized carbons (Fsp3) is 0.0909. The molecule has 2 amide bonds. The lowest BCUT2D eigenvalue weighted by atomic mass is 10.2. The maximum atomic E-state index is 13.3. The van der Waals surface area contributed by atoms with Crippen molar-refractivity contribution < 1.29 is 18.4 Å². The lowest BCUT2D eigenvalue weighted by Crippen LogP contribution is -2.28. The predicted octanol–water partition coefficient (Wildman–Crippen LogP) is 2.97. The molecule has 0 spiro atoms. The second-order valence-electron chi connectivity index (χ2n) is 7.08. The number of aromatic nitrogens is 3. The summed E-state index contributed by atoms with van der Waals surface area (Å²) in [5.41, 5.74) is 1.54. The van der Waals surface area contributed by atoms with Gasteiger partial charge in [-0.3, -0.25) is 9.59 Å². The number of hydrogen-bond acceptors (Lipinski definition) is 4. The highest BCUT2D eigenvalue weighted by Gasteiger charge is 2.14. The number of pyridine rings is 1. The first-order valence-electron chi connectivity index (χ1n) is 9.52. The van der Waals surface area contributed by atoms with Gasteiger partial charge in [-0.1, -0.05) is 17.7 Å². The van der Waals surface area contributed by atoms with E-state index in [0.29, 0.717) is 5.69 Å². The van der Waals surface area contributed by atoms with Gasteiger partial charge in [0.05, 0.1) is 5.56 Å². The highest BCUT2D eigenvalue weighted by molar-refractivity contribution is 6.04. The smallest absolute Gasteiger partial charge is 0.324 e. The monoisotopic (exact) mass is 437 g/mol. The number of amides is 2. The predicted molar refractivity (Wildman–Crippen MR) is 114 cm³/mol. The van der Waals surface area contributed by atoms with E-state index in [1.165, 1.54) is 24.4 Å². The second kappa shape index (κ2) is 8.42. The second-order valence-corrected chi connectivity index (χ2v) is 7.08. The number of aryl methyl sites for hydroxylation is 1. The summed E-state index contributed by atoms with van der Waals surface area (Å²) < 4.78 is 28.4. The zero-order valence-electron chi connectivity index (χ0n) is 16.8. The van der Waals surface area contributed by atoms with E-state index in [1.807, 2.05) is 19.1 Å². The van der Waals surface area contributed by atoms with Crippen LogP contribution < -0.4 is 16.3 Å². The average molecular weight is 437 g/mol. The van der Waals surface area contributed by atoms with E-state index in [0.717, 1.165) is 26.8 Å². The molecule has 0 aliphatic heterocycles. The van der Waals surface area contributed by atoms with E-state index < -0.39 is 35.7 Å². The average Bonchev–Trinajstić information content (AvgIpc) is 3.07. The van der Waals surface area contributed by atoms with E-state index in [9.17, 15) is 23.2 Å². The van der Waals surface area contributed by atoms with Crippen LogP contribution in [0.5, 0.6) is 0 Å². The topological polar surface area (TPSA) is 97.5 Å². The van der Waals surface area contributed by atoms with Crippen LogP contribution >= 0.6 is 0 Å². The summed E-state index contributed by atoms with van der Waals surface area (Å²) in [5, 5.41) is 9.17. The minimum atomic E-state index is -1.11. The molecule has 2 N–H and O–H groups in total. The van der Waals surface area contributed by atoms with Crippen LogP contribution in [0.2, 0.25) is 0 Å². The van der Waals surface area contributed by atoms with Gasteiger partial charge in [-0.2, -0.15) is 0 Å². The molecule has 0 bridgehead atoms. The van der Waals surface area contributed by atoms with Crippen LogP contribution in [0.15, 0.2) is 65.6 Å². The van der Waals surface area contributed by atoms with Crippen LogP contribution in [0.4, 0.5) is 20.2 Å². The molecule has 0 saturated carbocycles. The molecule has 162 valence electrons. The van der Waals surface area contributed by atoms with E-state index in [2.05, 4.69) is 15.7 Å². The third-order valence-corrected chi connectivity index (χ3v) is 4.65. The molecule has 0 atom stereocenters. The Hall–Kier alpha value is -4.34. The Morgan fingerprint density at radius 2 is 1.66 bits per heavy atom. The Labute approximate surface area is 180 Å². The van der Waals surface area contributed by atoms with Gasteiger partial charge in [-0.15, -0.1) is 5.10 Å². The number of rotatable bonds is 5. The molecule has 2 aromatic carbocycles. The van der Waals surface area contributed by atoms with Gasteiger partial charge in [0.1, 0.15) is 6.54 Å². The highest BCUT2D eigenvalue weighted by Crippen LogP contribution is 2.13. The Kier molecular flexibility index (Phi) is 5.50. The molecule has 0 radical (unpaired) electrons. The zero-order chi connectivity index (χ0) is 22.8. The number of nitrogens with zero attached hydrogens (tertiary/aromatic N) is 3. The summed E-state index contributed by atoms with van der Waals surface area (Å²) in [6.07, 6.45) is 1.33. The van der Waals surface area contributed by atoms with Crippen molar-refractivity contribution in [3.8, 4) is 0 Å². The van der Waals surface area contributed by atoms with Crippen molar-refractivity contribution in [2.75, 3.05) is 10.6 Å². The quantitative estimate of drug-likeness (QED) is 0.502. The number of halogens is 2. The first-order valence-corrected chi connectivity index (χ1v) is 9.52. The maximum absolute atomic E-state index is 13.3. The molecule has 4 rings (SSSR count). The van der Waals surface area contributed by atoms with Crippen molar-refractivity contribution >= 4 is 28.8 Å². The number of hydrogen-bond donors (Lipinski definition) is 2. The Morgan fingerprint density at radius 1 is 0.938 bits per heavy atom. The van der Waals surface area contributed by atoms with E-state index in [1.54, 1.807) is 12.1 Å². The Balaban J connectivity index is 1.51. The van der Waals surface area contributed by atoms with Crippen molar-refractivity contribution in [1.82, 2.24) is 14.2 Å². The summed E-state index contributed by atoms with van der Waals surface area (Å²) >= 11 is 0. The number of anilines is 2. The summed E-state index contributed by atoms with van der Waals surface area (Å²) in [6.45, 7) is 1.48. The molecule has 8 nitrogen and oxygen atoms in total. The normalized spacial score (nSPS) is 10.8. The maximum Gasteiger partial charge on any atom is 0.350 e. The van der Waals surface area contributed by atoms with Gasteiger partial charge < -0.3 is 10.6 Å². The lowest BCUT2D eigenvalue weighted by molar-refractivity contribution is -0.117. The number of carbonyl (C=O) groups is 2. The van der Waals surface area contributed by atoms with Crippen LogP contribution in [0, 0.1) is 18.6 Å². The Morgan fingerprint density at radius 3 is 2.38 bits per heavy atom. The van der Waals surface area contributed by atoms with Gasteiger partial charge in [0.25, 0.3) is 5.91 Å². The molecule has 0 unspecified atom stereocenters. The van der Waals surface area contributed by atoms with Crippen LogP contribution in [0.3, 0.4) is 0 Å². The van der Waals surface area contributed by atoms with Gasteiger partial charge in [0, 0.05) is 23.6 Å².